The maximum absolute atomic E-state index is 14.0. The second-order valence-electron chi connectivity index (χ2n) is 5.61. The van der Waals surface area contributed by atoms with Gasteiger partial charge in [-0.1, -0.05) is 19.3 Å². The summed E-state index contributed by atoms with van der Waals surface area (Å²) < 4.78 is 14.0. The van der Waals surface area contributed by atoms with Crippen LogP contribution in [0.2, 0.25) is 0 Å². The predicted molar refractivity (Wildman–Crippen MR) is 76.2 cm³/mol. The average Bonchev–Trinajstić information content (AvgIpc) is 2.39. The number of hydrogen-bond acceptors (Lipinski definition) is 2. The van der Waals surface area contributed by atoms with Crippen molar-refractivity contribution in [2.75, 3.05) is 18.5 Å². The minimum Gasteiger partial charge on any atom is -0.372 e. The fourth-order valence-corrected chi connectivity index (χ4v) is 2.89. The van der Waals surface area contributed by atoms with Crippen LogP contribution in [0.25, 0.3) is 0 Å². The fraction of sp³-hybridized carbons (Fsp3) is 0.562. The Labute approximate surface area is 114 Å². The zero-order valence-electron chi connectivity index (χ0n) is 11.8. The molecule has 0 N–H and O–H groups in total. The van der Waals surface area contributed by atoms with E-state index < -0.39 is 0 Å². The number of carbonyl (C=O) groups is 1. The van der Waals surface area contributed by atoms with Gasteiger partial charge < -0.3 is 4.90 Å². The van der Waals surface area contributed by atoms with Crippen LogP contribution in [0.15, 0.2) is 18.2 Å². The molecule has 104 valence electrons. The number of nitrogens with zero attached hydrogens (tertiary/aromatic N) is 1. The molecule has 3 heteroatoms. The number of hydrogen-bond donors (Lipinski definition) is 0. The Morgan fingerprint density at radius 2 is 2.00 bits per heavy atom. The standard InChI is InChI=1S/C16H22FNO/c1-12(19)14-8-9-16(15(17)10-14)18(2)11-13-6-4-3-5-7-13/h8-10,13H,3-7,11H2,1-2H3. The summed E-state index contributed by atoms with van der Waals surface area (Å²) in [7, 11) is 1.93. The van der Waals surface area contributed by atoms with Gasteiger partial charge in [-0.2, -0.15) is 0 Å². The summed E-state index contributed by atoms with van der Waals surface area (Å²) in [6.45, 7) is 2.36. The molecule has 0 aromatic heterocycles. The number of halogens is 1. The lowest BCUT2D eigenvalue weighted by Crippen LogP contribution is -2.27. The van der Waals surface area contributed by atoms with Crippen LogP contribution in [0.1, 0.15) is 49.4 Å². The van der Waals surface area contributed by atoms with Gasteiger partial charge in [-0.3, -0.25) is 4.79 Å². The van der Waals surface area contributed by atoms with E-state index in [1.165, 1.54) is 45.1 Å². The number of carbonyl (C=O) groups excluding carboxylic acids is 1. The minimum atomic E-state index is -0.300. The van der Waals surface area contributed by atoms with Crippen LogP contribution in [0.5, 0.6) is 0 Å². The largest absolute Gasteiger partial charge is 0.372 e. The first kappa shape index (κ1) is 14.0. The van der Waals surface area contributed by atoms with Gasteiger partial charge in [0.25, 0.3) is 0 Å². The number of benzene rings is 1. The van der Waals surface area contributed by atoms with Crippen molar-refractivity contribution in [1.82, 2.24) is 0 Å². The van der Waals surface area contributed by atoms with E-state index in [0.29, 0.717) is 17.2 Å². The molecule has 0 bridgehead atoms. The second-order valence-corrected chi connectivity index (χ2v) is 5.61. The van der Waals surface area contributed by atoms with Gasteiger partial charge in [0.1, 0.15) is 5.82 Å². The molecular weight excluding hydrogens is 241 g/mol. The minimum absolute atomic E-state index is 0.0969. The van der Waals surface area contributed by atoms with Crippen LogP contribution in [0, 0.1) is 11.7 Å². The van der Waals surface area contributed by atoms with Gasteiger partial charge in [0.05, 0.1) is 5.69 Å². The molecule has 0 heterocycles. The highest BCUT2D eigenvalue weighted by molar-refractivity contribution is 5.94. The maximum Gasteiger partial charge on any atom is 0.159 e. The third kappa shape index (κ3) is 3.55. The molecule has 1 saturated carbocycles. The normalized spacial score (nSPS) is 16.4. The summed E-state index contributed by atoms with van der Waals surface area (Å²) in [4.78, 5) is 13.2. The third-order valence-electron chi connectivity index (χ3n) is 4.02. The molecule has 1 aromatic carbocycles. The number of rotatable bonds is 4. The zero-order valence-corrected chi connectivity index (χ0v) is 11.8. The first-order valence-electron chi connectivity index (χ1n) is 7.09. The smallest absolute Gasteiger partial charge is 0.159 e. The van der Waals surface area contributed by atoms with Crippen molar-refractivity contribution in [3.63, 3.8) is 0 Å². The Bertz CT molecular complexity index is 452. The van der Waals surface area contributed by atoms with Crippen molar-refractivity contribution < 1.29 is 9.18 Å². The summed E-state index contributed by atoms with van der Waals surface area (Å²) in [5, 5.41) is 0. The Hall–Kier alpha value is -1.38. The first-order valence-corrected chi connectivity index (χ1v) is 7.09. The summed E-state index contributed by atoms with van der Waals surface area (Å²) in [5.41, 5.74) is 1.03. The van der Waals surface area contributed by atoms with Crippen molar-refractivity contribution >= 4 is 11.5 Å². The second kappa shape index (κ2) is 6.18. The van der Waals surface area contributed by atoms with Crippen molar-refractivity contribution in [2.45, 2.75) is 39.0 Å². The molecular formula is C16H22FNO. The van der Waals surface area contributed by atoms with E-state index in [2.05, 4.69) is 0 Å². The first-order chi connectivity index (χ1) is 9.08. The van der Waals surface area contributed by atoms with Crippen molar-refractivity contribution in [2.24, 2.45) is 5.92 Å². The summed E-state index contributed by atoms with van der Waals surface area (Å²) in [6.07, 6.45) is 6.42. The van der Waals surface area contributed by atoms with E-state index >= 15 is 0 Å². The van der Waals surface area contributed by atoms with Crippen molar-refractivity contribution in [3.8, 4) is 0 Å². The molecule has 0 radical (unpaired) electrons. The Kier molecular flexibility index (Phi) is 4.56. The molecule has 19 heavy (non-hydrogen) atoms. The van der Waals surface area contributed by atoms with Gasteiger partial charge in [-0.05, 0) is 43.9 Å². The topological polar surface area (TPSA) is 20.3 Å². The summed E-state index contributed by atoms with van der Waals surface area (Å²) in [5.74, 6) is 0.275. The zero-order chi connectivity index (χ0) is 13.8. The third-order valence-corrected chi connectivity index (χ3v) is 4.02. The van der Waals surface area contributed by atoms with Crippen LogP contribution in [0.4, 0.5) is 10.1 Å². The number of Topliss-reactive ketones (excluding diaryl/α,β-unsaturated/α-hetero) is 1. The molecule has 2 rings (SSSR count). The van der Waals surface area contributed by atoms with Crippen LogP contribution in [-0.4, -0.2) is 19.4 Å². The molecule has 1 aliphatic rings. The van der Waals surface area contributed by atoms with Gasteiger partial charge in [0.2, 0.25) is 0 Å². The van der Waals surface area contributed by atoms with Crippen LogP contribution in [-0.2, 0) is 0 Å². The highest BCUT2D eigenvalue weighted by atomic mass is 19.1. The van der Waals surface area contributed by atoms with E-state index in [0.717, 1.165) is 6.54 Å². The van der Waals surface area contributed by atoms with E-state index in [9.17, 15) is 9.18 Å². The van der Waals surface area contributed by atoms with Gasteiger partial charge in [-0.25, -0.2) is 4.39 Å². The Balaban J connectivity index is 2.05. The van der Waals surface area contributed by atoms with Crippen molar-refractivity contribution in [1.29, 1.82) is 0 Å². The maximum atomic E-state index is 14.0. The molecule has 0 unspecified atom stereocenters. The number of anilines is 1. The van der Waals surface area contributed by atoms with Gasteiger partial charge in [0, 0.05) is 19.2 Å². The number of ketones is 1. The van der Waals surface area contributed by atoms with Gasteiger partial charge >= 0.3 is 0 Å². The molecule has 0 saturated heterocycles. The SMILES string of the molecule is CC(=O)c1ccc(N(C)CC2CCCCC2)c(F)c1. The van der Waals surface area contributed by atoms with Crippen LogP contribution in [0.3, 0.4) is 0 Å². The van der Waals surface area contributed by atoms with E-state index in [1.807, 2.05) is 11.9 Å². The molecule has 1 aromatic rings. The molecule has 1 fully saturated rings. The van der Waals surface area contributed by atoms with E-state index in [4.69, 9.17) is 0 Å². The fourth-order valence-electron chi connectivity index (χ4n) is 2.89. The molecule has 0 atom stereocenters. The highest BCUT2D eigenvalue weighted by Gasteiger charge is 2.17. The predicted octanol–water partition coefficient (Wildman–Crippen LogP) is 4.04. The van der Waals surface area contributed by atoms with Gasteiger partial charge in [-0.15, -0.1) is 0 Å². The lowest BCUT2D eigenvalue weighted by atomic mass is 9.89. The average molecular weight is 263 g/mol. The van der Waals surface area contributed by atoms with Gasteiger partial charge in [0.15, 0.2) is 5.78 Å². The molecule has 2 nitrogen and oxygen atoms in total. The molecule has 0 aliphatic heterocycles. The Morgan fingerprint density at radius 3 is 2.58 bits per heavy atom. The summed E-state index contributed by atoms with van der Waals surface area (Å²) in [6, 6.07) is 4.77. The quantitative estimate of drug-likeness (QED) is 0.764. The van der Waals surface area contributed by atoms with Crippen LogP contribution < -0.4 is 4.90 Å². The molecule has 0 spiro atoms. The molecule has 0 amide bonds. The van der Waals surface area contributed by atoms with Crippen LogP contribution >= 0.6 is 0 Å². The lowest BCUT2D eigenvalue weighted by Gasteiger charge is -2.28. The molecule has 1 aliphatic carbocycles. The Morgan fingerprint density at radius 1 is 1.32 bits per heavy atom. The van der Waals surface area contributed by atoms with Crippen molar-refractivity contribution in [3.05, 3.63) is 29.6 Å². The van der Waals surface area contributed by atoms with E-state index in [-0.39, 0.29) is 11.6 Å². The van der Waals surface area contributed by atoms with E-state index in [1.54, 1.807) is 12.1 Å². The lowest BCUT2D eigenvalue weighted by molar-refractivity contribution is 0.101. The summed E-state index contributed by atoms with van der Waals surface area (Å²) >= 11 is 0. The monoisotopic (exact) mass is 263 g/mol. The highest BCUT2D eigenvalue weighted by Crippen LogP contribution is 2.27.